The van der Waals surface area contributed by atoms with Gasteiger partial charge in [0.25, 0.3) is 5.91 Å². The molecule has 1 fully saturated rings. The maximum atomic E-state index is 12.5. The van der Waals surface area contributed by atoms with Gasteiger partial charge in [-0.1, -0.05) is 12.1 Å². The van der Waals surface area contributed by atoms with E-state index in [1.165, 1.54) is 0 Å². The molecule has 0 radical (unpaired) electrons. The van der Waals surface area contributed by atoms with E-state index in [-0.39, 0.29) is 36.0 Å². The molecule has 1 saturated heterocycles. The second-order valence-corrected chi connectivity index (χ2v) is 8.95. The van der Waals surface area contributed by atoms with Crippen LogP contribution in [0, 0.1) is 0 Å². The molecule has 0 saturated carbocycles. The number of benzene rings is 1. The number of amides is 1. The third-order valence-corrected chi connectivity index (χ3v) is 5.68. The minimum absolute atomic E-state index is 0. The van der Waals surface area contributed by atoms with Crippen LogP contribution in [0.3, 0.4) is 0 Å². The molecule has 1 unspecified atom stereocenters. The number of nitrogens with one attached hydrogen (secondary N) is 3. The van der Waals surface area contributed by atoms with Crippen molar-refractivity contribution in [2.75, 3.05) is 32.8 Å². The molecule has 1 aliphatic rings. The monoisotopic (exact) mass is 573 g/mol. The van der Waals surface area contributed by atoms with E-state index >= 15 is 0 Å². The molecule has 0 aromatic heterocycles. The first-order valence-electron chi connectivity index (χ1n) is 12.2. The molecule has 33 heavy (non-hydrogen) atoms. The SMILES string of the molecule is CCNC(=NCc1cccc(C(=O)NCC2CCCO2)c1)NCCCN(C(C)C)C(C)C.I. The van der Waals surface area contributed by atoms with Crippen LogP contribution in [0.5, 0.6) is 0 Å². The number of aliphatic imine (C=N–C) groups is 1. The van der Waals surface area contributed by atoms with Gasteiger partial charge in [0.1, 0.15) is 0 Å². The van der Waals surface area contributed by atoms with Gasteiger partial charge in [0, 0.05) is 50.4 Å². The van der Waals surface area contributed by atoms with Crippen LogP contribution in [-0.4, -0.2) is 67.7 Å². The number of guanidine groups is 1. The van der Waals surface area contributed by atoms with E-state index in [4.69, 9.17) is 9.73 Å². The van der Waals surface area contributed by atoms with Crippen LogP contribution in [0.2, 0.25) is 0 Å². The number of hydrogen-bond acceptors (Lipinski definition) is 4. The number of carbonyl (C=O) groups is 1. The van der Waals surface area contributed by atoms with Crippen molar-refractivity contribution in [1.82, 2.24) is 20.9 Å². The van der Waals surface area contributed by atoms with E-state index in [2.05, 4.69) is 55.5 Å². The van der Waals surface area contributed by atoms with Gasteiger partial charge in [-0.3, -0.25) is 9.69 Å². The summed E-state index contributed by atoms with van der Waals surface area (Å²) in [5, 5.41) is 9.72. The van der Waals surface area contributed by atoms with E-state index < -0.39 is 0 Å². The number of hydrogen-bond donors (Lipinski definition) is 3. The lowest BCUT2D eigenvalue weighted by molar-refractivity contribution is 0.0857. The fraction of sp³-hybridized carbons (Fsp3) is 0.680. The van der Waals surface area contributed by atoms with Gasteiger partial charge in [0.05, 0.1) is 12.6 Å². The van der Waals surface area contributed by atoms with Crippen molar-refractivity contribution in [1.29, 1.82) is 0 Å². The van der Waals surface area contributed by atoms with Crippen LogP contribution in [0.25, 0.3) is 0 Å². The average Bonchev–Trinajstić information content (AvgIpc) is 3.29. The molecule has 3 N–H and O–H groups in total. The smallest absolute Gasteiger partial charge is 0.251 e. The molecule has 1 aromatic carbocycles. The van der Waals surface area contributed by atoms with Crippen LogP contribution in [0.1, 0.15) is 69.8 Å². The summed E-state index contributed by atoms with van der Waals surface area (Å²) in [7, 11) is 0. The maximum absolute atomic E-state index is 12.5. The lowest BCUT2D eigenvalue weighted by atomic mass is 10.1. The topological polar surface area (TPSA) is 78.0 Å². The summed E-state index contributed by atoms with van der Waals surface area (Å²) in [6.07, 6.45) is 3.29. The van der Waals surface area contributed by atoms with E-state index in [1.54, 1.807) is 0 Å². The molecule has 1 aromatic rings. The summed E-state index contributed by atoms with van der Waals surface area (Å²) in [6, 6.07) is 8.78. The number of rotatable bonds is 12. The van der Waals surface area contributed by atoms with Gasteiger partial charge in [-0.15, -0.1) is 24.0 Å². The molecule has 188 valence electrons. The lowest BCUT2D eigenvalue weighted by Crippen LogP contribution is -2.41. The van der Waals surface area contributed by atoms with Crippen molar-refractivity contribution in [2.24, 2.45) is 4.99 Å². The summed E-state index contributed by atoms with van der Waals surface area (Å²) in [5.74, 6) is 0.748. The molecule has 1 heterocycles. The van der Waals surface area contributed by atoms with Crippen LogP contribution in [0.4, 0.5) is 0 Å². The Labute approximate surface area is 217 Å². The quantitative estimate of drug-likeness (QED) is 0.154. The highest BCUT2D eigenvalue weighted by molar-refractivity contribution is 14.0. The highest BCUT2D eigenvalue weighted by Crippen LogP contribution is 2.12. The molecule has 7 nitrogen and oxygen atoms in total. The van der Waals surface area contributed by atoms with E-state index in [0.29, 0.717) is 30.7 Å². The maximum Gasteiger partial charge on any atom is 0.251 e. The van der Waals surface area contributed by atoms with Gasteiger partial charge in [0.15, 0.2) is 5.96 Å². The molecule has 0 aliphatic carbocycles. The Hall–Kier alpha value is -1.39. The molecule has 1 amide bonds. The number of ether oxygens (including phenoxy) is 1. The molecule has 1 atom stereocenters. The second kappa shape index (κ2) is 16.3. The summed E-state index contributed by atoms with van der Waals surface area (Å²) in [6.45, 7) is 15.7. The second-order valence-electron chi connectivity index (χ2n) is 8.95. The number of carbonyl (C=O) groups excluding carboxylic acids is 1. The Bertz CT molecular complexity index is 713. The van der Waals surface area contributed by atoms with Gasteiger partial charge < -0.3 is 20.7 Å². The standard InChI is InChI=1S/C25H43N5O2.HI/c1-6-26-25(27-13-9-14-30(19(2)3)20(4)5)29-17-21-10-7-11-22(16-21)24(31)28-18-23-12-8-15-32-23;/h7,10-11,16,19-20,23H,6,8-9,12-15,17-18H2,1-5H3,(H,28,31)(H2,26,27,29);1H. The summed E-state index contributed by atoms with van der Waals surface area (Å²) < 4.78 is 5.58. The predicted molar refractivity (Wildman–Crippen MR) is 148 cm³/mol. The highest BCUT2D eigenvalue weighted by atomic mass is 127. The molecule has 2 rings (SSSR count). The van der Waals surface area contributed by atoms with Gasteiger partial charge >= 0.3 is 0 Å². The van der Waals surface area contributed by atoms with Crippen molar-refractivity contribution in [3.8, 4) is 0 Å². The summed E-state index contributed by atoms with van der Waals surface area (Å²) >= 11 is 0. The van der Waals surface area contributed by atoms with Crippen LogP contribution >= 0.6 is 24.0 Å². The fourth-order valence-electron chi connectivity index (χ4n) is 4.02. The zero-order valence-electron chi connectivity index (χ0n) is 21.0. The van der Waals surface area contributed by atoms with E-state index in [1.807, 2.05) is 24.3 Å². The van der Waals surface area contributed by atoms with Gasteiger partial charge in [-0.2, -0.15) is 0 Å². The highest BCUT2D eigenvalue weighted by Gasteiger charge is 2.17. The Kier molecular flexibility index (Phi) is 14.6. The Morgan fingerprint density at radius 1 is 1.18 bits per heavy atom. The fourth-order valence-corrected chi connectivity index (χ4v) is 4.02. The van der Waals surface area contributed by atoms with Crippen molar-refractivity contribution < 1.29 is 9.53 Å². The number of nitrogens with zero attached hydrogens (tertiary/aromatic N) is 2. The minimum Gasteiger partial charge on any atom is -0.376 e. The minimum atomic E-state index is -0.0591. The zero-order chi connectivity index (χ0) is 23.3. The lowest BCUT2D eigenvalue weighted by Gasteiger charge is -2.30. The van der Waals surface area contributed by atoms with Crippen LogP contribution < -0.4 is 16.0 Å². The molecule has 8 heteroatoms. The Balaban J connectivity index is 0.00000544. The molecule has 0 bridgehead atoms. The van der Waals surface area contributed by atoms with Crippen LogP contribution in [-0.2, 0) is 11.3 Å². The van der Waals surface area contributed by atoms with Crippen molar-refractivity contribution >= 4 is 35.8 Å². The Morgan fingerprint density at radius 3 is 2.58 bits per heavy atom. The van der Waals surface area contributed by atoms with Crippen molar-refractivity contribution in [3.63, 3.8) is 0 Å². The van der Waals surface area contributed by atoms with Gasteiger partial charge in [0.2, 0.25) is 0 Å². The van der Waals surface area contributed by atoms with Gasteiger partial charge in [-0.25, -0.2) is 4.99 Å². The third kappa shape index (κ3) is 11.1. The molecular weight excluding hydrogens is 529 g/mol. The van der Waals surface area contributed by atoms with Crippen molar-refractivity contribution in [2.45, 2.75) is 78.6 Å². The third-order valence-electron chi connectivity index (χ3n) is 5.68. The van der Waals surface area contributed by atoms with E-state index in [0.717, 1.165) is 57.0 Å². The normalized spacial score (nSPS) is 16.2. The largest absolute Gasteiger partial charge is 0.376 e. The van der Waals surface area contributed by atoms with Gasteiger partial charge in [-0.05, 0) is 71.6 Å². The first-order valence-corrected chi connectivity index (χ1v) is 12.2. The zero-order valence-corrected chi connectivity index (χ0v) is 23.4. The number of halogens is 1. The first kappa shape index (κ1) is 29.6. The molecular formula is C25H44IN5O2. The van der Waals surface area contributed by atoms with Crippen molar-refractivity contribution in [3.05, 3.63) is 35.4 Å². The van der Waals surface area contributed by atoms with Crippen LogP contribution in [0.15, 0.2) is 29.3 Å². The Morgan fingerprint density at radius 2 is 1.94 bits per heavy atom. The molecule has 1 aliphatic heterocycles. The molecule has 0 spiro atoms. The predicted octanol–water partition coefficient (Wildman–Crippen LogP) is 3.78. The summed E-state index contributed by atoms with van der Waals surface area (Å²) in [5.41, 5.74) is 1.67. The summed E-state index contributed by atoms with van der Waals surface area (Å²) in [4.78, 5) is 19.7. The average molecular weight is 574 g/mol. The van der Waals surface area contributed by atoms with E-state index in [9.17, 15) is 4.79 Å². The first-order chi connectivity index (χ1) is 15.4.